The Hall–Kier alpha value is -3.13. The van der Waals surface area contributed by atoms with Gasteiger partial charge in [-0.15, -0.1) is 10.2 Å². The predicted molar refractivity (Wildman–Crippen MR) is 95.7 cm³/mol. The second-order valence-corrected chi connectivity index (χ2v) is 6.03. The molecular weight excluding hydrogens is 354 g/mol. The number of nitrogens with one attached hydrogen (secondary N) is 1. The molecule has 1 heterocycles. The molecule has 0 atom stereocenters. The largest absolute Gasteiger partial charge is 0.419 e. The van der Waals surface area contributed by atoms with E-state index in [9.17, 15) is 13.6 Å². The summed E-state index contributed by atoms with van der Waals surface area (Å²) < 4.78 is 32.0. The summed E-state index contributed by atoms with van der Waals surface area (Å²) in [5, 5.41) is 10.4. The van der Waals surface area contributed by atoms with Gasteiger partial charge < -0.3 is 9.73 Å². The molecule has 0 aliphatic rings. The molecule has 0 bridgehead atoms. The van der Waals surface area contributed by atoms with Gasteiger partial charge in [-0.2, -0.15) is 0 Å². The molecule has 0 radical (unpaired) electrons. The summed E-state index contributed by atoms with van der Waals surface area (Å²) in [6, 6.07) is 12.4. The molecule has 6 nitrogen and oxygen atoms in total. The molecule has 2 aromatic carbocycles. The lowest BCUT2D eigenvalue weighted by molar-refractivity contribution is -0.116. The molecule has 3 aromatic rings. The number of carbonyl (C=O) groups is 1. The number of anilines is 1. The maximum atomic E-state index is 13.5. The molecule has 8 heteroatoms. The molecule has 27 heavy (non-hydrogen) atoms. The van der Waals surface area contributed by atoms with Crippen molar-refractivity contribution in [1.82, 2.24) is 15.1 Å². The summed E-state index contributed by atoms with van der Waals surface area (Å²) in [4.78, 5) is 13.8. The number of carbonyl (C=O) groups excluding carboxylic acids is 1. The first-order chi connectivity index (χ1) is 13.0. The molecule has 0 unspecified atom stereocenters. The lowest BCUT2D eigenvalue weighted by Gasteiger charge is -2.14. The summed E-state index contributed by atoms with van der Waals surface area (Å²) >= 11 is 0. The molecule has 0 saturated carbocycles. The van der Waals surface area contributed by atoms with Gasteiger partial charge in [0.05, 0.1) is 12.2 Å². The van der Waals surface area contributed by atoms with Gasteiger partial charge in [0.1, 0.15) is 11.6 Å². The monoisotopic (exact) mass is 372 g/mol. The SMILES string of the molecule is CN(CCC(=O)Nc1ccc(F)cc1F)Cc1nnc(-c2ccccc2)o1. The number of amides is 1. The topological polar surface area (TPSA) is 71.3 Å². The van der Waals surface area contributed by atoms with Crippen molar-refractivity contribution in [3.05, 3.63) is 66.1 Å². The van der Waals surface area contributed by atoms with Crippen LogP contribution in [0.25, 0.3) is 11.5 Å². The van der Waals surface area contributed by atoms with Gasteiger partial charge in [0, 0.05) is 24.6 Å². The lowest BCUT2D eigenvalue weighted by atomic mass is 10.2. The van der Waals surface area contributed by atoms with Gasteiger partial charge in [0.15, 0.2) is 0 Å². The van der Waals surface area contributed by atoms with Gasteiger partial charge in [-0.1, -0.05) is 18.2 Å². The van der Waals surface area contributed by atoms with Gasteiger partial charge in [-0.25, -0.2) is 8.78 Å². The quantitative estimate of drug-likeness (QED) is 0.688. The molecule has 0 fully saturated rings. The average Bonchev–Trinajstić information content (AvgIpc) is 3.11. The molecular formula is C19H18F2N4O2. The van der Waals surface area contributed by atoms with E-state index in [-0.39, 0.29) is 18.0 Å². The summed E-state index contributed by atoms with van der Waals surface area (Å²) in [7, 11) is 1.80. The van der Waals surface area contributed by atoms with Gasteiger partial charge in [0.2, 0.25) is 17.7 Å². The van der Waals surface area contributed by atoms with Gasteiger partial charge >= 0.3 is 0 Å². The number of hydrogen-bond donors (Lipinski definition) is 1. The molecule has 0 saturated heterocycles. The minimum Gasteiger partial charge on any atom is -0.419 e. The van der Waals surface area contributed by atoms with Gasteiger partial charge in [0.25, 0.3) is 0 Å². The molecule has 1 aromatic heterocycles. The Morgan fingerprint density at radius 2 is 1.93 bits per heavy atom. The van der Waals surface area contributed by atoms with E-state index in [1.807, 2.05) is 35.2 Å². The Kier molecular flexibility index (Phi) is 5.87. The number of benzene rings is 2. The smallest absolute Gasteiger partial charge is 0.247 e. The summed E-state index contributed by atoms with van der Waals surface area (Å²) in [6.45, 7) is 0.774. The molecule has 3 rings (SSSR count). The van der Waals surface area contributed by atoms with E-state index in [1.54, 1.807) is 7.05 Å². The molecule has 1 amide bonds. The molecule has 1 N–H and O–H groups in total. The minimum absolute atomic E-state index is 0.0477. The van der Waals surface area contributed by atoms with E-state index in [1.165, 1.54) is 6.07 Å². The van der Waals surface area contributed by atoms with Crippen molar-refractivity contribution in [2.45, 2.75) is 13.0 Å². The van der Waals surface area contributed by atoms with Crippen LogP contribution in [0, 0.1) is 11.6 Å². The van der Waals surface area contributed by atoms with Gasteiger partial charge in [-0.3, -0.25) is 9.69 Å². The van der Waals surface area contributed by atoms with Gasteiger partial charge in [-0.05, 0) is 31.3 Å². The van der Waals surface area contributed by atoms with Crippen molar-refractivity contribution < 1.29 is 18.0 Å². The zero-order chi connectivity index (χ0) is 19.2. The third kappa shape index (κ3) is 5.18. The van der Waals surface area contributed by atoms with Crippen molar-refractivity contribution in [1.29, 1.82) is 0 Å². The van der Waals surface area contributed by atoms with Crippen LogP contribution in [-0.4, -0.2) is 34.6 Å². The fourth-order valence-electron chi connectivity index (χ4n) is 2.42. The molecule has 0 aliphatic carbocycles. The second kappa shape index (κ2) is 8.50. The van der Waals surface area contributed by atoms with Crippen molar-refractivity contribution in [3.8, 4) is 11.5 Å². The fourth-order valence-corrected chi connectivity index (χ4v) is 2.42. The van der Waals surface area contributed by atoms with Crippen LogP contribution in [0.15, 0.2) is 52.9 Å². The summed E-state index contributed by atoms with van der Waals surface area (Å²) in [6.07, 6.45) is 0.132. The number of hydrogen-bond acceptors (Lipinski definition) is 5. The average molecular weight is 372 g/mol. The molecule has 0 spiro atoms. The third-order valence-electron chi connectivity index (χ3n) is 3.82. The molecule has 0 aliphatic heterocycles. The Bertz CT molecular complexity index is 915. The van der Waals surface area contributed by atoms with Crippen LogP contribution in [0.1, 0.15) is 12.3 Å². The van der Waals surface area contributed by atoms with Crippen LogP contribution in [0.2, 0.25) is 0 Å². The first-order valence-corrected chi connectivity index (χ1v) is 8.32. The fraction of sp³-hybridized carbons (Fsp3) is 0.211. The van der Waals surface area contributed by atoms with Crippen LogP contribution in [0.4, 0.5) is 14.5 Å². The van der Waals surface area contributed by atoms with Crippen LogP contribution in [0.3, 0.4) is 0 Å². The standard InChI is InChI=1S/C19H18F2N4O2/c1-25(10-9-17(26)22-16-8-7-14(20)11-15(16)21)12-18-23-24-19(27-18)13-5-3-2-4-6-13/h2-8,11H,9-10,12H2,1H3,(H,22,26). The maximum Gasteiger partial charge on any atom is 0.247 e. The van der Waals surface area contributed by atoms with E-state index < -0.39 is 11.6 Å². The van der Waals surface area contributed by atoms with E-state index in [0.717, 1.165) is 17.7 Å². The van der Waals surface area contributed by atoms with Crippen LogP contribution in [0.5, 0.6) is 0 Å². The highest BCUT2D eigenvalue weighted by atomic mass is 19.1. The van der Waals surface area contributed by atoms with Crippen molar-refractivity contribution in [3.63, 3.8) is 0 Å². The highest BCUT2D eigenvalue weighted by Gasteiger charge is 2.12. The number of aromatic nitrogens is 2. The second-order valence-electron chi connectivity index (χ2n) is 6.03. The third-order valence-corrected chi connectivity index (χ3v) is 3.82. The number of rotatable bonds is 7. The first-order valence-electron chi connectivity index (χ1n) is 8.32. The maximum absolute atomic E-state index is 13.5. The van der Waals surface area contributed by atoms with E-state index in [4.69, 9.17) is 4.42 Å². The summed E-state index contributed by atoms with van der Waals surface area (Å²) in [5.74, 6) is -1.01. The number of halogens is 2. The van der Waals surface area contributed by atoms with Crippen molar-refractivity contribution in [2.24, 2.45) is 0 Å². The normalized spacial score (nSPS) is 11.0. The zero-order valence-electron chi connectivity index (χ0n) is 14.7. The van der Waals surface area contributed by atoms with Crippen molar-refractivity contribution in [2.75, 3.05) is 18.9 Å². The summed E-state index contributed by atoms with van der Waals surface area (Å²) in [5.41, 5.74) is 0.785. The first kappa shape index (κ1) is 18.7. The van der Waals surface area contributed by atoms with Crippen LogP contribution in [-0.2, 0) is 11.3 Å². The number of nitrogens with zero attached hydrogens (tertiary/aromatic N) is 3. The predicted octanol–water partition coefficient (Wildman–Crippen LogP) is 3.48. The van der Waals surface area contributed by atoms with Crippen molar-refractivity contribution >= 4 is 11.6 Å². The zero-order valence-corrected chi connectivity index (χ0v) is 14.7. The Labute approximate surface area is 154 Å². The minimum atomic E-state index is -0.809. The van der Waals surface area contributed by atoms with E-state index >= 15 is 0 Å². The Morgan fingerprint density at radius 1 is 1.15 bits per heavy atom. The highest BCUT2D eigenvalue weighted by molar-refractivity contribution is 5.90. The highest BCUT2D eigenvalue weighted by Crippen LogP contribution is 2.18. The Morgan fingerprint density at radius 3 is 2.67 bits per heavy atom. The van der Waals surface area contributed by atoms with Crippen LogP contribution < -0.4 is 5.32 Å². The Balaban J connectivity index is 1.49. The van der Waals surface area contributed by atoms with Crippen LogP contribution >= 0.6 is 0 Å². The lowest BCUT2D eigenvalue weighted by Crippen LogP contribution is -2.24. The van der Waals surface area contributed by atoms with E-state index in [2.05, 4.69) is 15.5 Å². The van der Waals surface area contributed by atoms with E-state index in [0.29, 0.717) is 24.9 Å². The molecule has 140 valence electrons.